The van der Waals surface area contributed by atoms with Gasteiger partial charge in [-0.05, 0) is 54.4 Å². The maximum absolute atomic E-state index is 10.4. The molecule has 102 valence electrons. The summed E-state index contributed by atoms with van der Waals surface area (Å²) in [6.07, 6.45) is 5.81. The molecule has 1 saturated carbocycles. The van der Waals surface area contributed by atoms with Crippen LogP contribution in [0.5, 0.6) is 0 Å². The molecule has 2 bridgehead atoms. The van der Waals surface area contributed by atoms with Gasteiger partial charge in [-0.1, -0.05) is 17.7 Å². The molecule has 20 heavy (non-hydrogen) atoms. The normalized spacial score (nSPS) is 34.7. The molecule has 1 aromatic heterocycles. The zero-order chi connectivity index (χ0) is 13.5. The number of hydrogen-bond acceptors (Lipinski definition) is 2. The van der Waals surface area contributed by atoms with Gasteiger partial charge in [-0.2, -0.15) is 5.10 Å². The standard InChI is InChI=1S/C16H15ClN2O/c17-14-13-9-1-2-12-11(7-18-19-12)10(9)6-16(13)4-3-8(5-16)15(14)20/h1-2,7-8,15,20H,3-6H2,(H,18,19)/t8-,15-,16+/m1/s1. The van der Waals surface area contributed by atoms with E-state index in [1.54, 1.807) is 0 Å². The van der Waals surface area contributed by atoms with Gasteiger partial charge in [-0.25, -0.2) is 0 Å². The van der Waals surface area contributed by atoms with E-state index in [-0.39, 0.29) is 5.41 Å². The number of allylic oxidation sites excluding steroid dienone is 1. The number of aromatic amines is 1. The molecule has 3 atom stereocenters. The Morgan fingerprint density at radius 3 is 3.20 bits per heavy atom. The molecule has 1 heterocycles. The third-order valence-electron chi connectivity index (χ3n) is 5.64. The van der Waals surface area contributed by atoms with Crippen molar-refractivity contribution in [1.29, 1.82) is 0 Å². The van der Waals surface area contributed by atoms with Gasteiger partial charge >= 0.3 is 0 Å². The van der Waals surface area contributed by atoms with Crippen LogP contribution >= 0.6 is 11.6 Å². The Morgan fingerprint density at radius 2 is 2.30 bits per heavy atom. The minimum Gasteiger partial charge on any atom is -0.387 e. The lowest BCUT2D eigenvalue weighted by Crippen LogP contribution is -2.29. The lowest BCUT2D eigenvalue weighted by molar-refractivity contribution is 0.138. The first-order valence-electron chi connectivity index (χ1n) is 7.23. The molecule has 4 heteroatoms. The van der Waals surface area contributed by atoms with Gasteiger partial charge in [-0.15, -0.1) is 0 Å². The van der Waals surface area contributed by atoms with Crippen molar-refractivity contribution in [2.45, 2.75) is 31.8 Å². The lowest BCUT2D eigenvalue weighted by atomic mass is 9.74. The van der Waals surface area contributed by atoms with Gasteiger partial charge in [0, 0.05) is 10.8 Å². The average Bonchev–Trinajstić information content (AvgIpc) is 3.11. The summed E-state index contributed by atoms with van der Waals surface area (Å²) >= 11 is 6.55. The molecule has 5 rings (SSSR count). The first-order valence-corrected chi connectivity index (χ1v) is 7.61. The summed E-state index contributed by atoms with van der Waals surface area (Å²) in [7, 11) is 0. The maximum atomic E-state index is 10.4. The van der Waals surface area contributed by atoms with E-state index in [1.165, 1.54) is 22.1 Å². The molecular weight excluding hydrogens is 272 g/mol. The molecular formula is C16H15ClN2O. The molecule has 0 aliphatic heterocycles. The highest BCUT2D eigenvalue weighted by atomic mass is 35.5. The number of benzene rings is 1. The molecule has 1 fully saturated rings. The van der Waals surface area contributed by atoms with Gasteiger partial charge in [0.05, 0.1) is 22.8 Å². The van der Waals surface area contributed by atoms with Crippen LogP contribution in [0.3, 0.4) is 0 Å². The number of aromatic nitrogens is 2. The van der Waals surface area contributed by atoms with Gasteiger partial charge in [0.25, 0.3) is 0 Å². The fourth-order valence-electron chi connectivity index (χ4n) is 4.77. The predicted molar refractivity (Wildman–Crippen MR) is 78.4 cm³/mol. The van der Waals surface area contributed by atoms with Crippen LogP contribution in [-0.4, -0.2) is 21.4 Å². The molecule has 3 nitrogen and oxygen atoms in total. The van der Waals surface area contributed by atoms with Crippen molar-refractivity contribution in [3.63, 3.8) is 0 Å². The van der Waals surface area contributed by atoms with Crippen LogP contribution in [0, 0.1) is 11.3 Å². The summed E-state index contributed by atoms with van der Waals surface area (Å²) in [5.74, 6) is 0.348. The number of halogens is 1. The van der Waals surface area contributed by atoms with E-state index in [1.807, 2.05) is 6.20 Å². The van der Waals surface area contributed by atoms with Crippen LogP contribution in [0.25, 0.3) is 16.5 Å². The second kappa shape index (κ2) is 3.46. The smallest absolute Gasteiger partial charge is 0.0927 e. The van der Waals surface area contributed by atoms with Crippen LogP contribution < -0.4 is 0 Å². The van der Waals surface area contributed by atoms with Crippen LogP contribution in [0.2, 0.25) is 0 Å². The van der Waals surface area contributed by atoms with E-state index in [9.17, 15) is 5.11 Å². The molecule has 0 saturated heterocycles. The molecule has 2 N–H and O–H groups in total. The van der Waals surface area contributed by atoms with E-state index in [0.717, 1.165) is 31.2 Å². The van der Waals surface area contributed by atoms with Crippen molar-refractivity contribution in [2.75, 3.05) is 0 Å². The Labute approximate surface area is 121 Å². The second-order valence-electron chi connectivity index (χ2n) is 6.55. The molecule has 0 radical (unpaired) electrons. The molecule has 3 aliphatic rings. The number of nitrogens with zero attached hydrogens (tertiary/aromatic N) is 1. The number of fused-ring (bicyclic) bond motifs is 5. The number of aliphatic hydroxyl groups is 1. The number of hydrogen-bond donors (Lipinski definition) is 2. The van der Waals surface area contributed by atoms with Gasteiger partial charge in [0.15, 0.2) is 0 Å². The van der Waals surface area contributed by atoms with E-state index in [4.69, 9.17) is 11.6 Å². The lowest BCUT2D eigenvalue weighted by Gasteiger charge is -2.33. The topological polar surface area (TPSA) is 48.9 Å². The third kappa shape index (κ3) is 1.15. The van der Waals surface area contributed by atoms with Crippen LogP contribution in [-0.2, 0) is 6.42 Å². The van der Waals surface area contributed by atoms with Crippen molar-refractivity contribution in [1.82, 2.24) is 10.2 Å². The number of nitrogens with one attached hydrogen (secondary N) is 1. The Bertz CT molecular complexity index is 778. The zero-order valence-electron chi connectivity index (χ0n) is 11.0. The second-order valence-corrected chi connectivity index (χ2v) is 6.96. The van der Waals surface area contributed by atoms with E-state index >= 15 is 0 Å². The highest BCUT2D eigenvalue weighted by Gasteiger charge is 2.54. The van der Waals surface area contributed by atoms with Crippen LogP contribution in [0.1, 0.15) is 30.4 Å². The summed E-state index contributed by atoms with van der Waals surface area (Å²) in [6, 6.07) is 4.22. The monoisotopic (exact) mass is 286 g/mol. The summed E-state index contributed by atoms with van der Waals surface area (Å²) in [5, 5.41) is 19.5. The first-order chi connectivity index (χ1) is 9.70. The Hall–Kier alpha value is -1.32. The molecule has 0 unspecified atom stereocenters. The minimum atomic E-state index is -0.465. The fourth-order valence-corrected chi connectivity index (χ4v) is 5.26. The van der Waals surface area contributed by atoms with Crippen molar-refractivity contribution in [3.05, 3.63) is 34.5 Å². The summed E-state index contributed by atoms with van der Waals surface area (Å²) in [6.45, 7) is 0. The third-order valence-corrected chi connectivity index (χ3v) is 6.05. The Balaban J connectivity index is 1.86. The van der Waals surface area contributed by atoms with Crippen LogP contribution in [0.15, 0.2) is 23.4 Å². The van der Waals surface area contributed by atoms with E-state index in [2.05, 4.69) is 22.3 Å². The van der Waals surface area contributed by atoms with Gasteiger partial charge in [-0.3, -0.25) is 5.10 Å². The molecule has 1 aromatic carbocycles. The van der Waals surface area contributed by atoms with E-state index in [0.29, 0.717) is 11.0 Å². The number of rotatable bonds is 0. The average molecular weight is 287 g/mol. The highest BCUT2D eigenvalue weighted by molar-refractivity contribution is 6.34. The fraction of sp³-hybridized carbons (Fsp3) is 0.438. The Morgan fingerprint density at radius 1 is 1.40 bits per heavy atom. The number of aliphatic hydroxyl groups excluding tert-OH is 1. The quantitative estimate of drug-likeness (QED) is 0.781. The van der Waals surface area contributed by atoms with E-state index < -0.39 is 6.10 Å². The van der Waals surface area contributed by atoms with Gasteiger partial charge < -0.3 is 5.11 Å². The van der Waals surface area contributed by atoms with Crippen molar-refractivity contribution in [3.8, 4) is 0 Å². The zero-order valence-corrected chi connectivity index (χ0v) is 11.7. The molecule has 0 amide bonds. The summed E-state index contributed by atoms with van der Waals surface area (Å²) in [4.78, 5) is 0. The molecule has 3 aliphatic carbocycles. The molecule has 2 aromatic rings. The number of H-pyrrole nitrogens is 1. The molecule has 1 spiro atoms. The highest BCUT2D eigenvalue weighted by Crippen LogP contribution is 2.64. The summed E-state index contributed by atoms with van der Waals surface area (Å²) < 4.78 is 0. The van der Waals surface area contributed by atoms with Gasteiger partial charge in [0.1, 0.15) is 0 Å². The maximum Gasteiger partial charge on any atom is 0.0927 e. The largest absolute Gasteiger partial charge is 0.387 e. The Kier molecular flexibility index (Phi) is 1.97. The van der Waals surface area contributed by atoms with Crippen molar-refractivity contribution < 1.29 is 5.11 Å². The minimum absolute atomic E-state index is 0.175. The van der Waals surface area contributed by atoms with Crippen LogP contribution in [0.4, 0.5) is 0 Å². The van der Waals surface area contributed by atoms with Crippen molar-refractivity contribution >= 4 is 28.1 Å². The summed E-state index contributed by atoms with van der Waals surface area (Å²) in [5.41, 5.74) is 5.08. The van der Waals surface area contributed by atoms with Gasteiger partial charge in [0.2, 0.25) is 0 Å². The van der Waals surface area contributed by atoms with Crippen molar-refractivity contribution in [2.24, 2.45) is 11.3 Å². The SMILES string of the molecule is O[C@H]1C(Cl)=C2c3ccc4[nH]ncc4c3C[C@@]23CC[C@@H]1C3. The first kappa shape index (κ1) is 11.4. The predicted octanol–water partition coefficient (Wildman–Crippen LogP) is 3.23.